The fraction of sp³-hybridized carbons (Fsp3) is 0.381. The monoisotopic (exact) mass is 476 g/mol. The van der Waals surface area contributed by atoms with Gasteiger partial charge in [-0.15, -0.1) is 10.2 Å². The van der Waals surface area contributed by atoms with Crippen LogP contribution in [0.5, 0.6) is 0 Å². The van der Waals surface area contributed by atoms with E-state index < -0.39 is 9.84 Å². The summed E-state index contributed by atoms with van der Waals surface area (Å²) in [6.45, 7) is 5.84. The van der Waals surface area contributed by atoms with E-state index in [0.29, 0.717) is 17.1 Å². The summed E-state index contributed by atoms with van der Waals surface area (Å²) >= 11 is 2.78. The zero-order valence-corrected chi connectivity index (χ0v) is 20.0. The fourth-order valence-corrected chi connectivity index (χ4v) is 7.30. The number of thioether (sulfide) groups is 1. The fourth-order valence-electron chi connectivity index (χ4n) is 3.95. The van der Waals surface area contributed by atoms with Crippen LogP contribution in [0.3, 0.4) is 0 Å². The Kier molecular flexibility index (Phi) is 6.23. The van der Waals surface area contributed by atoms with Gasteiger partial charge < -0.3 is 9.88 Å². The summed E-state index contributed by atoms with van der Waals surface area (Å²) in [4.78, 5) is 12.9. The Labute approximate surface area is 190 Å². The molecule has 3 aromatic rings. The van der Waals surface area contributed by atoms with Crippen LogP contribution in [0.25, 0.3) is 0 Å². The van der Waals surface area contributed by atoms with Crippen molar-refractivity contribution >= 4 is 49.5 Å². The van der Waals surface area contributed by atoms with Gasteiger partial charge in [-0.25, -0.2) is 8.42 Å². The molecule has 0 unspecified atom stereocenters. The molecule has 1 fully saturated rings. The van der Waals surface area contributed by atoms with Crippen molar-refractivity contribution in [2.45, 2.75) is 37.6 Å². The standard InChI is InChI=1S/C21H24N4O3S3/c1-13-6-4-5-7-18(13)22-20-23-24-21(30-20)29-11-19(26)17-10-14(2)25(15(17)3)16-8-9-31(27,28)12-16/h4-7,10,16H,8-9,11-12H2,1-3H3,(H,22,23)/t16-/m0/s1. The first kappa shape index (κ1) is 22.0. The third-order valence-electron chi connectivity index (χ3n) is 5.48. The van der Waals surface area contributed by atoms with Crippen LogP contribution >= 0.6 is 23.1 Å². The summed E-state index contributed by atoms with van der Waals surface area (Å²) in [5, 5.41) is 12.3. The summed E-state index contributed by atoms with van der Waals surface area (Å²) in [7, 11) is -2.99. The lowest BCUT2D eigenvalue weighted by molar-refractivity contribution is 0.102. The van der Waals surface area contributed by atoms with E-state index in [1.807, 2.05) is 55.7 Å². The normalized spacial score (nSPS) is 17.7. The first-order chi connectivity index (χ1) is 14.7. The Morgan fingerprint density at radius 2 is 2.03 bits per heavy atom. The molecule has 0 saturated carbocycles. The maximum Gasteiger partial charge on any atom is 0.210 e. The van der Waals surface area contributed by atoms with Crippen LogP contribution in [0.2, 0.25) is 0 Å². The highest BCUT2D eigenvalue weighted by atomic mass is 32.2. The van der Waals surface area contributed by atoms with Crippen LogP contribution in [0.4, 0.5) is 10.8 Å². The second kappa shape index (κ2) is 8.76. The lowest BCUT2D eigenvalue weighted by Crippen LogP contribution is -2.14. The number of hydrogen-bond donors (Lipinski definition) is 1. The van der Waals surface area contributed by atoms with Gasteiger partial charge in [-0.3, -0.25) is 4.79 Å². The van der Waals surface area contributed by atoms with Crippen LogP contribution in [0, 0.1) is 20.8 Å². The number of nitrogens with zero attached hydrogens (tertiary/aromatic N) is 3. The number of Topliss-reactive ketones (excluding diaryl/α,β-unsaturated/α-hetero) is 1. The summed E-state index contributed by atoms with van der Waals surface area (Å²) in [6.07, 6.45) is 0.600. The van der Waals surface area contributed by atoms with Crippen molar-refractivity contribution in [1.29, 1.82) is 0 Å². The van der Waals surface area contributed by atoms with E-state index in [4.69, 9.17) is 0 Å². The number of aromatic nitrogens is 3. The molecule has 0 bridgehead atoms. The van der Waals surface area contributed by atoms with Crippen LogP contribution in [-0.2, 0) is 9.84 Å². The molecule has 0 radical (unpaired) electrons. The average molecular weight is 477 g/mol. The van der Waals surface area contributed by atoms with Crippen molar-refractivity contribution in [3.8, 4) is 0 Å². The van der Waals surface area contributed by atoms with E-state index in [2.05, 4.69) is 15.5 Å². The molecule has 164 valence electrons. The van der Waals surface area contributed by atoms with Crippen molar-refractivity contribution < 1.29 is 13.2 Å². The van der Waals surface area contributed by atoms with Crippen LogP contribution in [0.15, 0.2) is 34.7 Å². The molecular formula is C21H24N4O3S3. The zero-order chi connectivity index (χ0) is 22.2. The van der Waals surface area contributed by atoms with Gasteiger partial charge in [0.2, 0.25) is 5.13 Å². The number of hydrogen-bond acceptors (Lipinski definition) is 8. The number of anilines is 2. The molecule has 10 heteroatoms. The number of rotatable bonds is 7. The molecule has 7 nitrogen and oxygen atoms in total. The molecule has 0 spiro atoms. The van der Waals surface area contributed by atoms with Gasteiger partial charge in [0, 0.05) is 28.7 Å². The molecule has 31 heavy (non-hydrogen) atoms. The number of carbonyl (C=O) groups is 1. The van der Waals surface area contributed by atoms with Crippen molar-refractivity contribution in [1.82, 2.24) is 14.8 Å². The second-order valence-corrected chi connectivity index (χ2v) is 12.2. The summed E-state index contributed by atoms with van der Waals surface area (Å²) in [5.41, 5.74) is 4.51. The van der Waals surface area contributed by atoms with Gasteiger partial charge in [0.05, 0.1) is 17.3 Å². The highest BCUT2D eigenvalue weighted by Gasteiger charge is 2.31. The minimum atomic E-state index is -2.99. The van der Waals surface area contributed by atoms with Crippen molar-refractivity contribution in [2.24, 2.45) is 0 Å². The van der Waals surface area contributed by atoms with Crippen molar-refractivity contribution in [2.75, 3.05) is 22.6 Å². The van der Waals surface area contributed by atoms with Crippen LogP contribution in [-0.4, -0.2) is 46.2 Å². The quantitative estimate of drug-likeness (QED) is 0.400. The van der Waals surface area contributed by atoms with Gasteiger partial charge in [-0.05, 0) is 44.9 Å². The van der Waals surface area contributed by atoms with E-state index >= 15 is 0 Å². The van der Waals surface area contributed by atoms with Gasteiger partial charge in [-0.2, -0.15) is 0 Å². The minimum Gasteiger partial charge on any atom is -0.344 e. The Morgan fingerprint density at radius 1 is 1.26 bits per heavy atom. The molecule has 2 aromatic heterocycles. The maximum atomic E-state index is 12.9. The topological polar surface area (TPSA) is 93.9 Å². The second-order valence-electron chi connectivity index (χ2n) is 7.74. The van der Waals surface area contributed by atoms with Crippen molar-refractivity contribution in [3.05, 3.63) is 52.8 Å². The van der Waals surface area contributed by atoms with Crippen LogP contribution < -0.4 is 5.32 Å². The van der Waals surface area contributed by atoms with E-state index in [0.717, 1.165) is 27.0 Å². The number of nitrogens with one attached hydrogen (secondary N) is 1. The number of ketones is 1. The largest absolute Gasteiger partial charge is 0.344 e. The number of aryl methyl sites for hydroxylation is 2. The Morgan fingerprint density at radius 3 is 2.74 bits per heavy atom. The number of sulfone groups is 1. The molecule has 4 rings (SSSR count). The van der Waals surface area contributed by atoms with E-state index in [1.54, 1.807) is 0 Å². The molecular weight excluding hydrogens is 452 g/mol. The molecule has 1 atom stereocenters. The first-order valence-corrected chi connectivity index (χ1v) is 13.6. The van der Waals surface area contributed by atoms with Gasteiger partial charge in [0.15, 0.2) is 20.0 Å². The maximum absolute atomic E-state index is 12.9. The molecule has 1 saturated heterocycles. The minimum absolute atomic E-state index is 0.00816. The zero-order valence-electron chi connectivity index (χ0n) is 17.6. The smallest absolute Gasteiger partial charge is 0.210 e. The molecule has 0 aliphatic carbocycles. The van der Waals surface area contributed by atoms with Gasteiger partial charge in [-0.1, -0.05) is 41.3 Å². The lowest BCUT2D eigenvalue weighted by atomic mass is 10.2. The molecule has 1 N–H and O–H groups in total. The first-order valence-electron chi connectivity index (χ1n) is 9.94. The SMILES string of the molecule is Cc1ccccc1Nc1nnc(SCC(=O)c2cc(C)n([C@H]3CCS(=O)(=O)C3)c2C)s1. The molecule has 3 heterocycles. The predicted octanol–water partition coefficient (Wildman–Crippen LogP) is 4.34. The Hall–Kier alpha value is -2.17. The third kappa shape index (κ3) is 4.86. The van der Waals surface area contributed by atoms with E-state index in [1.165, 1.54) is 23.1 Å². The molecule has 1 aromatic carbocycles. The van der Waals surface area contributed by atoms with Gasteiger partial charge >= 0.3 is 0 Å². The van der Waals surface area contributed by atoms with Gasteiger partial charge in [0.1, 0.15) is 0 Å². The average Bonchev–Trinajstić information content (AvgIpc) is 3.39. The van der Waals surface area contributed by atoms with Crippen LogP contribution in [0.1, 0.15) is 39.8 Å². The number of benzene rings is 1. The van der Waals surface area contributed by atoms with E-state index in [-0.39, 0.29) is 29.1 Å². The molecule has 1 aliphatic heterocycles. The summed E-state index contributed by atoms with van der Waals surface area (Å²) in [5.74, 6) is 0.622. The Bertz CT molecular complexity index is 1230. The summed E-state index contributed by atoms with van der Waals surface area (Å²) < 4.78 is 26.5. The highest BCUT2D eigenvalue weighted by molar-refractivity contribution is 8.01. The summed E-state index contributed by atoms with van der Waals surface area (Å²) in [6, 6.07) is 9.73. The van der Waals surface area contributed by atoms with Gasteiger partial charge in [0.25, 0.3) is 0 Å². The highest BCUT2D eigenvalue weighted by Crippen LogP contribution is 2.32. The molecule has 0 amide bonds. The number of carbonyl (C=O) groups excluding carboxylic acids is 1. The predicted molar refractivity (Wildman–Crippen MR) is 126 cm³/mol. The lowest BCUT2D eigenvalue weighted by Gasteiger charge is -2.16. The Balaban J connectivity index is 1.41. The number of para-hydroxylation sites is 1. The van der Waals surface area contributed by atoms with Crippen molar-refractivity contribution in [3.63, 3.8) is 0 Å². The molecule has 1 aliphatic rings. The third-order valence-corrected chi connectivity index (χ3v) is 9.20. The van der Waals surface area contributed by atoms with E-state index in [9.17, 15) is 13.2 Å².